The second kappa shape index (κ2) is 5.72. The highest BCUT2D eigenvalue weighted by molar-refractivity contribution is 6.16. The Kier molecular flexibility index (Phi) is 4.03. The molecule has 0 spiro atoms. The lowest BCUT2D eigenvalue weighted by Crippen LogP contribution is -2.19. The van der Waals surface area contributed by atoms with Crippen molar-refractivity contribution in [1.29, 1.82) is 5.26 Å². The van der Waals surface area contributed by atoms with Crippen LogP contribution in [-0.4, -0.2) is 22.5 Å². The maximum Gasteiger partial charge on any atom is 0.221 e. The maximum atomic E-state index is 11.3. The van der Waals surface area contributed by atoms with Crippen molar-refractivity contribution in [2.24, 2.45) is 0 Å². The first kappa shape index (κ1) is 13.4. The summed E-state index contributed by atoms with van der Waals surface area (Å²) >= 11 is 5.88. The molecule has 0 aliphatic carbocycles. The number of amides is 1. The van der Waals surface area contributed by atoms with E-state index in [-0.39, 0.29) is 11.8 Å². The van der Waals surface area contributed by atoms with Crippen LogP contribution >= 0.6 is 11.6 Å². The number of aromatic nitrogens is 2. The number of aryl methyl sites for hydroxylation is 1. The molecule has 0 saturated heterocycles. The summed E-state index contributed by atoms with van der Waals surface area (Å²) < 4.78 is 1.89. The molecule has 1 aromatic heterocycles. The molecule has 0 aliphatic rings. The number of fused-ring (bicyclic) bond motifs is 1. The van der Waals surface area contributed by atoms with Gasteiger partial charge in [0.2, 0.25) is 5.91 Å². The molecule has 2 rings (SSSR count). The third kappa shape index (κ3) is 2.54. The fourth-order valence-corrected chi connectivity index (χ4v) is 2.18. The van der Waals surface area contributed by atoms with E-state index in [2.05, 4.69) is 16.4 Å². The number of imidazole rings is 1. The number of hydrogen-bond donors (Lipinski definition) is 1. The summed E-state index contributed by atoms with van der Waals surface area (Å²) in [7, 11) is 1.60. The van der Waals surface area contributed by atoms with Gasteiger partial charge in [0.05, 0.1) is 17.0 Å². The van der Waals surface area contributed by atoms with E-state index in [0.717, 1.165) is 5.52 Å². The zero-order valence-electron chi connectivity index (χ0n) is 10.5. The molecule has 5 nitrogen and oxygen atoms in total. The Balaban J connectivity index is 2.47. The van der Waals surface area contributed by atoms with Crippen molar-refractivity contribution in [2.45, 2.75) is 18.8 Å². The van der Waals surface area contributed by atoms with Gasteiger partial charge in [0.1, 0.15) is 17.4 Å². The first-order valence-corrected chi connectivity index (χ1v) is 6.39. The van der Waals surface area contributed by atoms with Crippen LogP contribution in [0.5, 0.6) is 0 Å². The minimum absolute atomic E-state index is 0.0428. The van der Waals surface area contributed by atoms with Crippen LogP contribution in [0, 0.1) is 11.3 Å². The number of benzene rings is 1. The van der Waals surface area contributed by atoms with E-state index < -0.39 is 0 Å². The summed E-state index contributed by atoms with van der Waals surface area (Å²) in [5.74, 6) is 0.870. The predicted molar refractivity (Wildman–Crippen MR) is 72.7 cm³/mol. The summed E-state index contributed by atoms with van der Waals surface area (Å²) in [4.78, 5) is 15.7. The Morgan fingerprint density at radius 1 is 1.58 bits per heavy atom. The van der Waals surface area contributed by atoms with Gasteiger partial charge in [-0.15, -0.1) is 11.6 Å². The molecule has 0 aliphatic heterocycles. The van der Waals surface area contributed by atoms with Gasteiger partial charge < -0.3 is 9.88 Å². The van der Waals surface area contributed by atoms with E-state index in [1.54, 1.807) is 19.2 Å². The van der Waals surface area contributed by atoms with E-state index in [1.807, 2.05) is 10.6 Å². The highest BCUT2D eigenvalue weighted by Crippen LogP contribution is 2.21. The average Bonchev–Trinajstić information content (AvgIpc) is 2.82. The standard InChI is InChI=1S/C13H13ClN4O/c1-16-12(19)5-6-18-10-4-2-3-9(8-15)13(10)17-11(18)7-14/h2-4H,5-7H2,1H3,(H,16,19). The normalized spacial score (nSPS) is 10.4. The molecule has 19 heavy (non-hydrogen) atoms. The fraction of sp³-hybridized carbons (Fsp3) is 0.308. The number of alkyl halides is 1. The van der Waals surface area contributed by atoms with Crippen molar-refractivity contribution in [3.8, 4) is 6.07 Å². The van der Waals surface area contributed by atoms with Gasteiger partial charge in [-0.25, -0.2) is 4.98 Å². The van der Waals surface area contributed by atoms with Crippen molar-refractivity contribution in [3.05, 3.63) is 29.6 Å². The van der Waals surface area contributed by atoms with Crippen molar-refractivity contribution >= 4 is 28.5 Å². The summed E-state index contributed by atoms with van der Waals surface area (Å²) in [5.41, 5.74) is 1.98. The van der Waals surface area contributed by atoms with E-state index >= 15 is 0 Å². The number of nitrogens with one attached hydrogen (secondary N) is 1. The van der Waals surface area contributed by atoms with Gasteiger partial charge in [0.15, 0.2) is 0 Å². The molecule has 6 heteroatoms. The Labute approximate surface area is 115 Å². The molecule has 98 valence electrons. The summed E-state index contributed by atoms with van der Waals surface area (Å²) in [6.07, 6.45) is 0.350. The molecule has 2 aromatic rings. The van der Waals surface area contributed by atoms with Crippen LogP contribution in [0.2, 0.25) is 0 Å². The molecule has 1 N–H and O–H groups in total. The second-order valence-electron chi connectivity index (χ2n) is 4.02. The highest BCUT2D eigenvalue weighted by atomic mass is 35.5. The molecule has 0 atom stereocenters. The number of carbonyl (C=O) groups excluding carboxylic acids is 1. The van der Waals surface area contributed by atoms with Crippen LogP contribution < -0.4 is 5.32 Å². The second-order valence-corrected chi connectivity index (χ2v) is 4.29. The Morgan fingerprint density at radius 2 is 2.37 bits per heavy atom. The third-order valence-electron chi connectivity index (χ3n) is 2.94. The molecule has 1 heterocycles. The number of halogens is 1. The van der Waals surface area contributed by atoms with Crippen LogP contribution in [0.4, 0.5) is 0 Å². The molecule has 1 amide bonds. The maximum absolute atomic E-state index is 11.3. The van der Waals surface area contributed by atoms with E-state index in [0.29, 0.717) is 29.9 Å². The Hall–Kier alpha value is -2.06. The summed E-state index contributed by atoms with van der Waals surface area (Å²) in [6.45, 7) is 0.493. The van der Waals surface area contributed by atoms with Gasteiger partial charge in [-0.1, -0.05) is 6.07 Å². The quantitative estimate of drug-likeness (QED) is 0.866. The molecule has 0 unspecified atom stereocenters. The smallest absolute Gasteiger partial charge is 0.221 e. The number of para-hydroxylation sites is 1. The predicted octanol–water partition coefficient (Wildman–Crippen LogP) is 1.78. The van der Waals surface area contributed by atoms with Crippen molar-refractivity contribution in [3.63, 3.8) is 0 Å². The van der Waals surface area contributed by atoms with Crippen LogP contribution in [-0.2, 0) is 17.2 Å². The van der Waals surface area contributed by atoms with Gasteiger partial charge in [-0.2, -0.15) is 5.26 Å². The van der Waals surface area contributed by atoms with Crippen LogP contribution in [0.1, 0.15) is 17.8 Å². The number of nitriles is 1. The SMILES string of the molecule is CNC(=O)CCn1c(CCl)nc2c(C#N)cccc21. The number of hydrogen-bond acceptors (Lipinski definition) is 3. The summed E-state index contributed by atoms with van der Waals surface area (Å²) in [5, 5.41) is 11.6. The van der Waals surface area contributed by atoms with Gasteiger partial charge in [0.25, 0.3) is 0 Å². The fourth-order valence-electron chi connectivity index (χ4n) is 1.98. The highest BCUT2D eigenvalue weighted by Gasteiger charge is 2.13. The van der Waals surface area contributed by atoms with Gasteiger partial charge >= 0.3 is 0 Å². The van der Waals surface area contributed by atoms with Crippen LogP contribution in [0.25, 0.3) is 11.0 Å². The van der Waals surface area contributed by atoms with E-state index in [9.17, 15) is 4.79 Å². The molecule has 0 radical (unpaired) electrons. The van der Waals surface area contributed by atoms with Crippen molar-refractivity contribution in [1.82, 2.24) is 14.9 Å². The monoisotopic (exact) mass is 276 g/mol. The summed E-state index contributed by atoms with van der Waals surface area (Å²) in [6, 6.07) is 7.51. The minimum Gasteiger partial charge on any atom is -0.359 e. The molecular formula is C13H13ClN4O. The van der Waals surface area contributed by atoms with E-state index in [4.69, 9.17) is 16.9 Å². The topological polar surface area (TPSA) is 70.7 Å². The first-order valence-electron chi connectivity index (χ1n) is 5.86. The molecule has 0 fully saturated rings. The first-order chi connectivity index (χ1) is 9.21. The van der Waals surface area contributed by atoms with Crippen LogP contribution in [0.3, 0.4) is 0 Å². The number of nitrogens with zero attached hydrogens (tertiary/aromatic N) is 3. The number of rotatable bonds is 4. The Bertz CT molecular complexity index is 656. The van der Waals surface area contributed by atoms with Gasteiger partial charge in [-0.3, -0.25) is 4.79 Å². The largest absolute Gasteiger partial charge is 0.359 e. The minimum atomic E-state index is -0.0428. The Morgan fingerprint density at radius 3 is 3.00 bits per heavy atom. The van der Waals surface area contributed by atoms with Gasteiger partial charge in [-0.05, 0) is 12.1 Å². The molecule has 0 saturated carbocycles. The lowest BCUT2D eigenvalue weighted by atomic mass is 10.2. The molecule has 1 aromatic carbocycles. The zero-order chi connectivity index (χ0) is 13.8. The lowest BCUT2D eigenvalue weighted by Gasteiger charge is -2.06. The van der Waals surface area contributed by atoms with Crippen LogP contribution in [0.15, 0.2) is 18.2 Å². The van der Waals surface area contributed by atoms with E-state index in [1.165, 1.54) is 0 Å². The molecule has 0 bridgehead atoms. The number of carbonyl (C=O) groups is 1. The average molecular weight is 277 g/mol. The molecular weight excluding hydrogens is 264 g/mol. The zero-order valence-corrected chi connectivity index (χ0v) is 11.2. The van der Waals surface area contributed by atoms with Gasteiger partial charge in [0, 0.05) is 20.0 Å². The van der Waals surface area contributed by atoms with Crippen molar-refractivity contribution in [2.75, 3.05) is 7.05 Å². The lowest BCUT2D eigenvalue weighted by molar-refractivity contribution is -0.120. The van der Waals surface area contributed by atoms with Crippen molar-refractivity contribution < 1.29 is 4.79 Å². The third-order valence-corrected chi connectivity index (χ3v) is 3.18.